The van der Waals surface area contributed by atoms with Crippen LogP contribution in [0.4, 0.5) is 18.9 Å². The number of benzene rings is 1. The highest BCUT2D eigenvalue weighted by atomic mass is 19.4. The Morgan fingerprint density at radius 2 is 2.00 bits per heavy atom. The standard InChI is InChI=1S/C15H19F3N4/c1-22-14(13(10-21-22)20-8-4-7-19)9-11-5-2-3-6-12(11)15(16,17)18/h2-3,5-6,10,20H,4,7-9,19H2,1H3. The number of hydrogen-bond acceptors (Lipinski definition) is 3. The summed E-state index contributed by atoms with van der Waals surface area (Å²) < 4.78 is 40.8. The minimum absolute atomic E-state index is 0.164. The number of halogens is 3. The zero-order valence-corrected chi connectivity index (χ0v) is 12.3. The number of alkyl halides is 3. The Bertz CT molecular complexity index is 619. The maximum absolute atomic E-state index is 13.1. The highest BCUT2D eigenvalue weighted by molar-refractivity contribution is 5.49. The van der Waals surface area contributed by atoms with E-state index in [2.05, 4.69) is 10.4 Å². The topological polar surface area (TPSA) is 55.9 Å². The van der Waals surface area contributed by atoms with Gasteiger partial charge in [0, 0.05) is 20.0 Å². The van der Waals surface area contributed by atoms with Crippen molar-refractivity contribution in [2.75, 3.05) is 18.4 Å². The number of nitrogens with one attached hydrogen (secondary N) is 1. The molecule has 2 aromatic rings. The van der Waals surface area contributed by atoms with Crippen LogP contribution in [0.5, 0.6) is 0 Å². The fourth-order valence-electron chi connectivity index (χ4n) is 2.28. The fourth-order valence-corrected chi connectivity index (χ4v) is 2.28. The predicted molar refractivity (Wildman–Crippen MR) is 79.6 cm³/mol. The van der Waals surface area contributed by atoms with Crippen LogP contribution in [0.3, 0.4) is 0 Å². The van der Waals surface area contributed by atoms with Crippen molar-refractivity contribution in [3.05, 3.63) is 47.3 Å². The summed E-state index contributed by atoms with van der Waals surface area (Å²) in [5.41, 5.74) is 6.53. The van der Waals surface area contributed by atoms with Crippen LogP contribution in [0.25, 0.3) is 0 Å². The summed E-state index contributed by atoms with van der Waals surface area (Å²) in [6, 6.07) is 5.62. The van der Waals surface area contributed by atoms with Crippen molar-refractivity contribution >= 4 is 5.69 Å². The summed E-state index contributed by atoms with van der Waals surface area (Å²) in [5.74, 6) is 0. The summed E-state index contributed by atoms with van der Waals surface area (Å²) in [6.07, 6.45) is -1.78. The summed E-state index contributed by atoms with van der Waals surface area (Å²) >= 11 is 0. The second-order valence-electron chi connectivity index (χ2n) is 5.03. The van der Waals surface area contributed by atoms with Crippen LogP contribution in [-0.2, 0) is 19.6 Å². The predicted octanol–water partition coefficient (Wildman–Crippen LogP) is 2.79. The Labute approximate surface area is 127 Å². The molecule has 0 saturated carbocycles. The molecule has 2 rings (SSSR count). The van der Waals surface area contributed by atoms with Crippen molar-refractivity contribution in [2.45, 2.75) is 19.0 Å². The number of hydrogen-bond donors (Lipinski definition) is 2. The molecule has 3 N–H and O–H groups in total. The Kier molecular flexibility index (Phi) is 5.07. The van der Waals surface area contributed by atoms with Crippen LogP contribution < -0.4 is 11.1 Å². The van der Waals surface area contributed by atoms with Gasteiger partial charge in [-0.2, -0.15) is 18.3 Å². The smallest absolute Gasteiger partial charge is 0.382 e. The van der Waals surface area contributed by atoms with Crippen molar-refractivity contribution in [1.82, 2.24) is 9.78 Å². The number of nitrogens with two attached hydrogens (primary N) is 1. The van der Waals surface area contributed by atoms with Gasteiger partial charge in [-0.15, -0.1) is 0 Å². The monoisotopic (exact) mass is 312 g/mol. The lowest BCUT2D eigenvalue weighted by atomic mass is 10.0. The van der Waals surface area contributed by atoms with Crippen LogP contribution in [0.2, 0.25) is 0 Å². The van der Waals surface area contributed by atoms with Gasteiger partial charge in [0.05, 0.1) is 23.1 Å². The van der Waals surface area contributed by atoms with E-state index < -0.39 is 11.7 Å². The lowest BCUT2D eigenvalue weighted by Crippen LogP contribution is -2.12. The molecule has 0 atom stereocenters. The van der Waals surface area contributed by atoms with Crippen LogP contribution in [-0.4, -0.2) is 22.9 Å². The summed E-state index contributed by atoms with van der Waals surface area (Å²) in [4.78, 5) is 0. The average Bonchev–Trinajstić information content (AvgIpc) is 2.80. The quantitative estimate of drug-likeness (QED) is 0.807. The van der Waals surface area contributed by atoms with E-state index in [1.165, 1.54) is 12.1 Å². The molecule has 0 amide bonds. The normalized spacial score (nSPS) is 11.7. The molecule has 0 fully saturated rings. The van der Waals surface area contributed by atoms with Crippen LogP contribution >= 0.6 is 0 Å². The molecule has 22 heavy (non-hydrogen) atoms. The molecular weight excluding hydrogens is 293 g/mol. The third-order valence-electron chi connectivity index (χ3n) is 3.44. The van der Waals surface area contributed by atoms with Crippen LogP contribution in [0.1, 0.15) is 23.2 Å². The Morgan fingerprint density at radius 1 is 1.27 bits per heavy atom. The zero-order chi connectivity index (χ0) is 16.2. The Hall–Kier alpha value is -2.02. The van der Waals surface area contributed by atoms with Gasteiger partial charge in [0.1, 0.15) is 0 Å². The van der Waals surface area contributed by atoms with Gasteiger partial charge >= 0.3 is 6.18 Å². The third kappa shape index (κ3) is 3.79. The third-order valence-corrected chi connectivity index (χ3v) is 3.44. The zero-order valence-electron chi connectivity index (χ0n) is 12.3. The van der Waals surface area contributed by atoms with Crippen LogP contribution in [0.15, 0.2) is 30.5 Å². The number of anilines is 1. The molecule has 0 aliphatic carbocycles. The second-order valence-corrected chi connectivity index (χ2v) is 5.03. The average molecular weight is 312 g/mol. The molecule has 0 bridgehead atoms. The van der Waals surface area contributed by atoms with Crippen molar-refractivity contribution in [3.63, 3.8) is 0 Å². The van der Waals surface area contributed by atoms with E-state index in [0.717, 1.165) is 18.2 Å². The molecule has 1 heterocycles. The number of aryl methyl sites for hydroxylation is 1. The van der Waals surface area contributed by atoms with E-state index >= 15 is 0 Å². The van der Waals surface area contributed by atoms with E-state index in [1.807, 2.05) is 0 Å². The number of nitrogens with zero attached hydrogens (tertiary/aromatic N) is 2. The van der Waals surface area contributed by atoms with Gasteiger partial charge in [0.25, 0.3) is 0 Å². The minimum Gasteiger partial charge on any atom is -0.382 e. The number of aromatic nitrogens is 2. The fraction of sp³-hybridized carbons (Fsp3) is 0.400. The van der Waals surface area contributed by atoms with E-state index in [-0.39, 0.29) is 12.0 Å². The van der Waals surface area contributed by atoms with Crippen molar-refractivity contribution in [1.29, 1.82) is 0 Å². The van der Waals surface area contributed by atoms with Gasteiger partial charge in [-0.1, -0.05) is 18.2 Å². The molecule has 0 saturated heterocycles. The van der Waals surface area contributed by atoms with E-state index in [4.69, 9.17) is 5.73 Å². The van der Waals surface area contributed by atoms with Crippen molar-refractivity contribution in [2.24, 2.45) is 12.8 Å². The molecule has 0 unspecified atom stereocenters. The summed E-state index contributed by atoms with van der Waals surface area (Å²) in [7, 11) is 1.72. The molecule has 0 spiro atoms. The summed E-state index contributed by atoms with van der Waals surface area (Å²) in [6.45, 7) is 1.22. The molecule has 7 heteroatoms. The maximum atomic E-state index is 13.1. The first kappa shape index (κ1) is 16.4. The van der Waals surface area contributed by atoms with Crippen molar-refractivity contribution in [3.8, 4) is 0 Å². The highest BCUT2D eigenvalue weighted by Gasteiger charge is 2.33. The van der Waals surface area contributed by atoms with Gasteiger partial charge in [-0.3, -0.25) is 4.68 Å². The molecular formula is C15H19F3N4. The molecule has 4 nitrogen and oxygen atoms in total. The van der Waals surface area contributed by atoms with E-state index in [0.29, 0.717) is 18.8 Å². The Morgan fingerprint density at radius 3 is 2.68 bits per heavy atom. The first-order valence-electron chi connectivity index (χ1n) is 7.03. The van der Waals surface area contributed by atoms with E-state index in [9.17, 15) is 13.2 Å². The lowest BCUT2D eigenvalue weighted by Gasteiger charge is -2.14. The highest BCUT2D eigenvalue weighted by Crippen LogP contribution is 2.33. The van der Waals surface area contributed by atoms with E-state index in [1.54, 1.807) is 24.0 Å². The maximum Gasteiger partial charge on any atom is 0.416 e. The lowest BCUT2D eigenvalue weighted by molar-refractivity contribution is -0.138. The van der Waals surface area contributed by atoms with Gasteiger partial charge in [0.2, 0.25) is 0 Å². The molecule has 0 aliphatic heterocycles. The molecule has 0 radical (unpaired) electrons. The van der Waals surface area contributed by atoms with Crippen molar-refractivity contribution < 1.29 is 13.2 Å². The van der Waals surface area contributed by atoms with Gasteiger partial charge < -0.3 is 11.1 Å². The summed E-state index contributed by atoms with van der Waals surface area (Å²) in [5, 5.41) is 7.29. The van der Waals surface area contributed by atoms with Gasteiger partial charge in [-0.05, 0) is 24.6 Å². The van der Waals surface area contributed by atoms with Crippen LogP contribution in [0, 0.1) is 0 Å². The SMILES string of the molecule is Cn1ncc(NCCCN)c1Cc1ccccc1C(F)(F)F. The number of rotatable bonds is 6. The molecule has 1 aromatic carbocycles. The second kappa shape index (κ2) is 6.83. The first-order chi connectivity index (χ1) is 10.4. The molecule has 0 aliphatic rings. The molecule has 1 aromatic heterocycles. The Balaban J connectivity index is 2.26. The largest absolute Gasteiger partial charge is 0.416 e. The minimum atomic E-state index is -4.36. The van der Waals surface area contributed by atoms with Gasteiger partial charge in [0.15, 0.2) is 0 Å². The first-order valence-corrected chi connectivity index (χ1v) is 7.03. The molecule has 120 valence electrons. The van der Waals surface area contributed by atoms with Gasteiger partial charge in [-0.25, -0.2) is 0 Å².